The molecule has 0 spiro atoms. The molecule has 0 bridgehead atoms. The van der Waals surface area contributed by atoms with Crippen molar-refractivity contribution in [2.75, 3.05) is 6.61 Å². The highest BCUT2D eigenvalue weighted by atomic mass is 79.9. The molecule has 18 heavy (non-hydrogen) atoms. The number of carbonyl (C=O) groups is 1. The van der Waals surface area contributed by atoms with Crippen LogP contribution in [0.3, 0.4) is 0 Å². The predicted octanol–water partition coefficient (Wildman–Crippen LogP) is 3.02. The Bertz CT molecular complexity index is 412. The van der Waals surface area contributed by atoms with E-state index in [-0.39, 0.29) is 17.8 Å². The van der Waals surface area contributed by atoms with E-state index >= 15 is 0 Å². The Morgan fingerprint density at radius 1 is 1.56 bits per heavy atom. The summed E-state index contributed by atoms with van der Waals surface area (Å²) in [6, 6.07) is 4.52. The molecule has 1 unspecified atom stereocenters. The van der Waals surface area contributed by atoms with Crippen molar-refractivity contribution in [1.82, 2.24) is 5.32 Å². The van der Waals surface area contributed by atoms with E-state index < -0.39 is 0 Å². The lowest BCUT2D eigenvalue weighted by Crippen LogP contribution is -2.28. The normalized spacial score (nSPS) is 12.2. The van der Waals surface area contributed by atoms with Crippen LogP contribution >= 0.6 is 15.9 Å². The Hall–Kier alpha value is -0.940. The number of hydrogen-bond donors (Lipinski definition) is 1. The number of hydrogen-bond acceptors (Lipinski definition) is 3. The second-order valence-electron chi connectivity index (χ2n) is 4.03. The summed E-state index contributed by atoms with van der Waals surface area (Å²) < 4.78 is 18.8. The molecule has 100 valence electrons. The fourth-order valence-corrected chi connectivity index (χ4v) is 1.89. The molecule has 5 heteroatoms. The van der Waals surface area contributed by atoms with Crippen LogP contribution in [0.1, 0.15) is 25.8 Å². The second kappa shape index (κ2) is 7.48. The Morgan fingerprint density at radius 2 is 2.28 bits per heavy atom. The highest BCUT2D eigenvalue weighted by Gasteiger charge is 2.10. The van der Waals surface area contributed by atoms with Gasteiger partial charge in [0.15, 0.2) is 0 Å². The summed E-state index contributed by atoms with van der Waals surface area (Å²) in [5, 5.41) is 3.16. The molecule has 1 aromatic rings. The van der Waals surface area contributed by atoms with Gasteiger partial charge in [-0.25, -0.2) is 4.39 Å². The highest BCUT2D eigenvalue weighted by Crippen LogP contribution is 2.17. The molecule has 1 N–H and O–H groups in total. The monoisotopic (exact) mass is 317 g/mol. The maximum atomic E-state index is 13.1. The quantitative estimate of drug-likeness (QED) is 0.820. The van der Waals surface area contributed by atoms with Gasteiger partial charge in [-0.3, -0.25) is 4.79 Å². The summed E-state index contributed by atoms with van der Waals surface area (Å²) in [6.45, 7) is 4.56. The van der Waals surface area contributed by atoms with E-state index in [0.29, 0.717) is 19.6 Å². The first-order valence-electron chi connectivity index (χ1n) is 5.85. The predicted molar refractivity (Wildman–Crippen MR) is 71.7 cm³/mol. The summed E-state index contributed by atoms with van der Waals surface area (Å²) in [6.07, 6.45) is 0.306. The van der Waals surface area contributed by atoms with Crippen LogP contribution in [-0.2, 0) is 16.1 Å². The summed E-state index contributed by atoms with van der Waals surface area (Å²) in [7, 11) is 0. The Labute approximate surface area is 115 Å². The van der Waals surface area contributed by atoms with Crippen LogP contribution in [0.15, 0.2) is 22.7 Å². The van der Waals surface area contributed by atoms with E-state index in [2.05, 4.69) is 21.2 Å². The fourth-order valence-electron chi connectivity index (χ4n) is 1.51. The summed E-state index contributed by atoms with van der Waals surface area (Å²) >= 11 is 3.36. The molecule has 0 radical (unpaired) electrons. The van der Waals surface area contributed by atoms with Gasteiger partial charge in [-0.2, -0.15) is 0 Å². The van der Waals surface area contributed by atoms with Gasteiger partial charge in [0.05, 0.1) is 13.0 Å². The maximum absolute atomic E-state index is 13.1. The minimum absolute atomic E-state index is 0.0146. The Kier molecular flexibility index (Phi) is 6.29. The van der Waals surface area contributed by atoms with E-state index in [0.717, 1.165) is 10.0 Å². The smallest absolute Gasteiger partial charge is 0.307 e. The number of rotatable bonds is 6. The van der Waals surface area contributed by atoms with Gasteiger partial charge in [0, 0.05) is 17.1 Å². The molecule has 3 nitrogen and oxygen atoms in total. The van der Waals surface area contributed by atoms with Crippen LogP contribution in [0.4, 0.5) is 4.39 Å². The summed E-state index contributed by atoms with van der Waals surface area (Å²) in [5.74, 6) is -0.496. The zero-order valence-corrected chi connectivity index (χ0v) is 12.1. The third kappa shape index (κ3) is 5.14. The van der Waals surface area contributed by atoms with Crippen molar-refractivity contribution >= 4 is 21.9 Å². The van der Waals surface area contributed by atoms with Gasteiger partial charge < -0.3 is 10.1 Å². The molecule has 0 aliphatic carbocycles. The first-order chi connectivity index (χ1) is 8.52. The number of nitrogens with one attached hydrogen (secondary N) is 1. The van der Waals surface area contributed by atoms with E-state index in [1.165, 1.54) is 12.1 Å². The van der Waals surface area contributed by atoms with Crippen molar-refractivity contribution in [2.24, 2.45) is 0 Å². The number of halogens is 2. The van der Waals surface area contributed by atoms with Crippen LogP contribution in [-0.4, -0.2) is 18.6 Å². The van der Waals surface area contributed by atoms with Crippen molar-refractivity contribution in [3.63, 3.8) is 0 Å². The topological polar surface area (TPSA) is 38.3 Å². The molecule has 0 fully saturated rings. The molecule has 1 aromatic carbocycles. The lowest BCUT2D eigenvalue weighted by molar-refractivity contribution is -0.143. The van der Waals surface area contributed by atoms with E-state index in [9.17, 15) is 9.18 Å². The van der Waals surface area contributed by atoms with Gasteiger partial charge in [0.25, 0.3) is 0 Å². The lowest BCUT2D eigenvalue weighted by atomic mass is 10.2. The van der Waals surface area contributed by atoms with E-state index in [1.54, 1.807) is 13.0 Å². The van der Waals surface area contributed by atoms with Gasteiger partial charge >= 0.3 is 5.97 Å². The van der Waals surface area contributed by atoms with E-state index in [1.807, 2.05) is 6.92 Å². The zero-order valence-electron chi connectivity index (χ0n) is 10.5. The van der Waals surface area contributed by atoms with Crippen molar-refractivity contribution in [3.05, 3.63) is 34.1 Å². The van der Waals surface area contributed by atoms with Crippen LogP contribution in [0, 0.1) is 5.82 Å². The fraction of sp³-hybridized carbons (Fsp3) is 0.462. The first-order valence-corrected chi connectivity index (χ1v) is 6.65. The zero-order chi connectivity index (χ0) is 13.5. The van der Waals surface area contributed by atoms with Crippen molar-refractivity contribution in [1.29, 1.82) is 0 Å². The van der Waals surface area contributed by atoms with Gasteiger partial charge in [0.1, 0.15) is 5.82 Å². The molecule has 0 aromatic heterocycles. The van der Waals surface area contributed by atoms with Gasteiger partial charge in [-0.05, 0) is 37.6 Å². The van der Waals surface area contributed by atoms with Gasteiger partial charge in [-0.1, -0.05) is 15.9 Å². The minimum Gasteiger partial charge on any atom is -0.466 e. The van der Waals surface area contributed by atoms with Gasteiger partial charge in [0.2, 0.25) is 0 Å². The Balaban J connectivity index is 2.44. The van der Waals surface area contributed by atoms with Crippen molar-refractivity contribution in [3.8, 4) is 0 Å². The highest BCUT2D eigenvalue weighted by molar-refractivity contribution is 9.10. The minimum atomic E-state index is -0.270. The number of benzene rings is 1. The summed E-state index contributed by atoms with van der Waals surface area (Å²) in [5.41, 5.74) is 0.825. The number of ether oxygens (including phenoxy) is 1. The molecule has 0 saturated carbocycles. The average Bonchev–Trinajstić information content (AvgIpc) is 2.30. The molecule has 1 rings (SSSR count). The van der Waals surface area contributed by atoms with Crippen molar-refractivity contribution in [2.45, 2.75) is 32.9 Å². The molecular formula is C13H17BrFNO2. The standard InChI is InChI=1S/C13H17BrFNO2/c1-3-18-13(17)6-9(2)16-8-10-7-11(15)4-5-12(10)14/h4-5,7,9,16H,3,6,8H2,1-2H3. The first kappa shape index (κ1) is 15.1. The van der Waals surface area contributed by atoms with Gasteiger partial charge in [-0.15, -0.1) is 0 Å². The average molecular weight is 318 g/mol. The van der Waals surface area contributed by atoms with Crippen LogP contribution < -0.4 is 5.32 Å². The molecule has 0 heterocycles. The van der Waals surface area contributed by atoms with Crippen LogP contribution in [0.25, 0.3) is 0 Å². The molecule has 0 aliphatic heterocycles. The Morgan fingerprint density at radius 3 is 2.94 bits per heavy atom. The SMILES string of the molecule is CCOC(=O)CC(C)NCc1cc(F)ccc1Br. The number of esters is 1. The third-order valence-corrected chi connectivity index (χ3v) is 3.20. The van der Waals surface area contributed by atoms with Crippen LogP contribution in [0.5, 0.6) is 0 Å². The molecule has 0 aliphatic rings. The van der Waals surface area contributed by atoms with Crippen molar-refractivity contribution < 1.29 is 13.9 Å². The van der Waals surface area contributed by atoms with Crippen LogP contribution in [0.2, 0.25) is 0 Å². The third-order valence-electron chi connectivity index (χ3n) is 2.43. The molecule has 0 saturated heterocycles. The molecule has 0 amide bonds. The lowest BCUT2D eigenvalue weighted by Gasteiger charge is -2.13. The second-order valence-corrected chi connectivity index (χ2v) is 4.88. The maximum Gasteiger partial charge on any atom is 0.307 e. The molecule has 1 atom stereocenters. The van der Waals surface area contributed by atoms with E-state index in [4.69, 9.17) is 4.74 Å². The largest absolute Gasteiger partial charge is 0.466 e. The molecular weight excluding hydrogens is 301 g/mol. The summed E-state index contributed by atoms with van der Waals surface area (Å²) in [4.78, 5) is 11.3. The number of carbonyl (C=O) groups excluding carboxylic acids is 1.